The molecule has 0 atom stereocenters. The molecule has 0 fully saturated rings. The molecule has 2 aliphatic heterocycles. The highest BCUT2D eigenvalue weighted by Crippen LogP contribution is 2.26. The topological polar surface area (TPSA) is 24.1 Å². The molecule has 0 saturated carbocycles. The normalized spacial score (nSPS) is 15.6. The Balaban J connectivity index is 1.61. The van der Waals surface area contributed by atoms with Gasteiger partial charge in [0.15, 0.2) is 0 Å². The first kappa shape index (κ1) is 10.9. The van der Waals surface area contributed by atoms with Crippen molar-refractivity contribution in [2.75, 3.05) is 23.7 Å². The van der Waals surface area contributed by atoms with E-state index in [1.54, 1.807) is 0 Å². The largest absolute Gasteiger partial charge is 0.384 e. The van der Waals surface area contributed by atoms with Crippen molar-refractivity contribution in [2.24, 2.45) is 0 Å². The minimum absolute atomic E-state index is 1.04. The molecule has 2 nitrogen and oxygen atoms in total. The summed E-state index contributed by atoms with van der Waals surface area (Å²) in [7, 11) is 0. The van der Waals surface area contributed by atoms with Crippen LogP contribution in [0.15, 0.2) is 36.4 Å². The molecule has 4 rings (SSSR count). The van der Waals surface area contributed by atoms with Crippen molar-refractivity contribution in [1.82, 2.24) is 0 Å². The molecule has 0 saturated heterocycles. The van der Waals surface area contributed by atoms with Crippen LogP contribution in [0.4, 0.5) is 11.4 Å². The lowest BCUT2D eigenvalue weighted by Crippen LogP contribution is -1.92. The average molecular weight is 250 g/mol. The highest BCUT2D eigenvalue weighted by Gasteiger charge is 2.12. The van der Waals surface area contributed by atoms with E-state index in [0.717, 1.165) is 32.4 Å². The zero-order valence-corrected chi connectivity index (χ0v) is 11.0. The molecular formula is C17H18N2. The van der Waals surface area contributed by atoms with Crippen molar-refractivity contribution in [3.8, 4) is 0 Å². The Hall–Kier alpha value is -1.96. The minimum Gasteiger partial charge on any atom is -0.384 e. The Kier molecular flexibility index (Phi) is 2.47. The zero-order chi connectivity index (χ0) is 12.7. The van der Waals surface area contributed by atoms with Gasteiger partial charge in [-0.25, -0.2) is 0 Å². The van der Waals surface area contributed by atoms with E-state index in [9.17, 15) is 0 Å². The maximum absolute atomic E-state index is 3.42. The van der Waals surface area contributed by atoms with Crippen LogP contribution in [0, 0.1) is 0 Å². The maximum atomic E-state index is 3.42. The van der Waals surface area contributed by atoms with Gasteiger partial charge < -0.3 is 10.6 Å². The summed E-state index contributed by atoms with van der Waals surface area (Å²) < 4.78 is 0. The SMILES string of the molecule is c1cc2c(cc1Cc1ccc3c(c1)CCN3)CCN2. The number of rotatable bonds is 2. The van der Waals surface area contributed by atoms with Crippen LogP contribution in [0.1, 0.15) is 22.3 Å². The lowest BCUT2D eigenvalue weighted by Gasteiger charge is -2.07. The second-order valence-electron chi connectivity index (χ2n) is 5.51. The van der Waals surface area contributed by atoms with Crippen molar-refractivity contribution in [3.05, 3.63) is 58.7 Å². The van der Waals surface area contributed by atoms with Crippen molar-refractivity contribution in [2.45, 2.75) is 19.3 Å². The van der Waals surface area contributed by atoms with E-state index in [1.807, 2.05) is 0 Å². The zero-order valence-electron chi connectivity index (χ0n) is 11.0. The van der Waals surface area contributed by atoms with Gasteiger partial charge in [-0.2, -0.15) is 0 Å². The van der Waals surface area contributed by atoms with Gasteiger partial charge in [-0.3, -0.25) is 0 Å². The van der Waals surface area contributed by atoms with Crippen LogP contribution in [-0.2, 0) is 19.3 Å². The third-order valence-electron chi connectivity index (χ3n) is 4.17. The lowest BCUT2D eigenvalue weighted by atomic mass is 9.99. The molecule has 0 bridgehead atoms. The summed E-state index contributed by atoms with van der Waals surface area (Å²) in [5.74, 6) is 0. The first-order valence-corrected chi connectivity index (χ1v) is 7.10. The highest BCUT2D eigenvalue weighted by atomic mass is 14.9. The first-order chi connectivity index (χ1) is 9.38. The quantitative estimate of drug-likeness (QED) is 0.855. The fraction of sp³-hybridized carbons (Fsp3) is 0.294. The molecule has 19 heavy (non-hydrogen) atoms. The highest BCUT2D eigenvalue weighted by molar-refractivity contribution is 5.58. The van der Waals surface area contributed by atoms with Gasteiger partial charge >= 0.3 is 0 Å². The number of anilines is 2. The molecule has 2 aromatic rings. The van der Waals surface area contributed by atoms with Gasteiger partial charge in [0, 0.05) is 24.5 Å². The Morgan fingerprint density at radius 3 is 1.79 bits per heavy atom. The monoisotopic (exact) mass is 250 g/mol. The summed E-state index contributed by atoms with van der Waals surface area (Å²) in [6.07, 6.45) is 3.37. The Bertz CT molecular complexity index is 576. The summed E-state index contributed by atoms with van der Waals surface area (Å²) in [5.41, 5.74) is 8.44. The van der Waals surface area contributed by atoms with Crippen molar-refractivity contribution in [1.29, 1.82) is 0 Å². The van der Waals surface area contributed by atoms with Gasteiger partial charge in [-0.15, -0.1) is 0 Å². The van der Waals surface area contributed by atoms with Gasteiger partial charge in [-0.1, -0.05) is 24.3 Å². The van der Waals surface area contributed by atoms with Crippen LogP contribution in [-0.4, -0.2) is 13.1 Å². The molecule has 0 aliphatic carbocycles. The number of hydrogen-bond donors (Lipinski definition) is 2. The Morgan fingerprint density at radius 2 is 1.26 bits per heavy atom. The standard InChI is InChI=1S/C17H18N2/c1-3-16-14(5-7-18-16)10-12(1)9-13-2-4-17-15(11-13)6-8-19-17/h1-4,10-11,18-19H,5-9H2. The van der Waals surface area contributed by atoms with E-state index < -0.39 is 0 Å². The van der Waals surface area contributed by atoms with Crippen molar-refractivity contribution in [3.63, 3.8) is 0 Å². The third-order valence-corrected chi connectivity index (χ3v) is 4.17. The Labute approximate surface area is 113 Å². The van der Waals surface area contributed by atoms with Crippen LogP contribution in [0.25, 0.3) is 0 Å². The van der Waals surface area contributed by atoms with Crippen molar-refractivity contribution >= 4 is 11.4 Å². The summed E-state index contributed by atoms with van der Waals surface area (Å²) >= 11 is 0. The summed E-state index contributed by atoms with van der Waals surface area (Å²) in [6, 6.07) is 13.7. The number of nitrogens with one attached hydrogen (secondary N) is 2. The lowest BCUT2D eigenvalue weighted by molar-refractivity contribution is 1.09. The number of hydrogen-bond acceptors (Lipinski definition) is 2. The number of fused-ring (bicyclic) bond motifs is 2. The molecular weight excluding hydrogens is 232 g/mol. The second-order valence-corrected chi connectivity index (χ2v) is 5.51. The molecule has 2 aliphatic rings. The van der Waals surface area contributed by atoms with Gasteiger partial charge in [0.05, 0.1) is 0 Å². The van der Waals surface area contributed by atoms with Crippen LogP contribution >= 0.6 is 0 Å². The van der Waals surface area contributed by atoms with E-state index in [2.05, 4.69) is 47.0 Å². The predicted molar refractivity (Wildman–Crippen MR) is 80.1 cm³/mol. The van der Waals surface area contributed by atoms with Crippen LogP contribution in [0.5, 0.6) is 0 Å². The molecule has 2 N–H and O–H groups in total. The summed E-state index contributed by atoms with van der Waals surface area (Å²) in [4.78, 5) is 0. The van der Waals surface area contributed by atoms with Gasteiger partial charge in [-0.05, 0) is 53.6 Å². The fourth-order valence-corrected chi connectivity index (χ4v) is 3.17. The van der Waals surface area contributed by atoms with E-state index in [0.29, 0.717) is 0 Å². The first-order valence-electron chi connectivity index (χ1n) is 7.10. The molecule has 2 heterocycles. The predicted octanol–water partition coefficient (Wildman–Crippen LogP) is 3.21. The molecule has 0 radical (unpaired) electrons. The summed E-state index contributed by atoms with van der Waals surface area (Å²) in [5, 5.41) is 6.83. The van der Waals surface area contributed by atoms with Crippen molar-refractivity contribution < 1.29 is 0 Å². The summed E-state index contributed by atoms with van der Waals surface area (Å²) in [6.45, 7) is 2.17. The van der Waals surface area contributed by atoms with E-state index in [-0.39, 0.29) is 0 Å². The molecule has 0 aromatic heterocycles. The van der Waals surface area contributed by atoms with Crippen LogP contribution in [0.3, 0.4) is 0 Å². The van der Waals surface area contributed by atoms with Crippen LogP contribution < -0.4 is 10.6 Å². The van der Waals surface area contributed by atoms with Gasteiger partial charge in [0.1, 0.15) is 0 Å². The minimum atomic E-state index is 1.04. The Morgan fingerprint density at radius 1 is 0.737 bits per heavy atom. The number of benzene rings is 2. The maximum Gasteiger partial charge on any atom is 0.0373 e. The fourth-order valence-electron chi connectivity index (χ4n) is 3.17. The van der Waals surface area contributed by atoms with Gasteiger partial charge in [0.2, 0.25) is 0 Å². The second kappa shape index (κ2) is 4.30. The van der Waals surface area contributed by atoms with Crippen LogP contribution in [0.2, 0.25) is 0 Å². The van der Waals surface area contributed by atoms with Gasteiger partial charge in [0.25, 0.3) is 0 Å². The molecule has 0 unspecified atom stereocenters. The molecule has 2 aromatic carbocycles. The van der Waals surface area contributed by atoms with E-state index in [1.165, 1.54) is 33.6 Å². The average Bonchev–Trinajstić information content (AvgIpc) is 3.05. The smallest absolute Gasteiger partial charge is 0.0373 e. The molecule has 0 amide bonds. The molecule has 0 spiro atoms. The molecule has 96 valence electrons. The van der Waals surface area contributed by atoms with E-state index >= 15 is 0 Å². The third kappa shape index (κ3) is 1.97. The molecule has 2 heteroatoms. The van der Waals surface area contributed by atoms with E-state index in [4.69, 9.17) is 0 Å².